The van der Waals surface area contributed by atoms with Crippen molar-refractivity contribution < 1.29 is 0 Å². The molecule has 0 aromatic carbocycles. The van der Waals surface area contributed by atoms with Crippen LogP contribution in [0.3, 0.4) is 0 Å². The Bertz CT molecular complexity index is 419. The summed E-state index contributed by atoms with van der Waals surface area (Å²) in [5, 5.41) is 6.79. The number of aromatic nitrogens is 2. The second kappa shape index (κ2) is 6.22. The largest absolute Gasteiger partial charge is 0.367 e. The van der Waals surface area contributed by atoms with Crippen LogP contribution in [0.1, 0.15) is 45.7 Å². The van der Waals surface area contributed by atoms with Crippen LogP contribution in [0.5, 0.6) is 0 Å². The predicted octanol–water partition coefficient (Wildman–Crippen LogP) is 3.45. The quantitative estimate of drug-likeness (QED) is 0.853. The lowest BCUT2D eigenvalue weighted by atomic mass is 9.93. The maximum Gasteiger partial charge on any atom is 0.224 e. The van der Waals surface area contributed by atoms with E-state index in [9.17, 15) is 0 Å². The van der Waals surface area contributed by atoms with Crippen molar-refractivity contribution in [3.8, 4) is 0 Å². The predicted molar refractivity (Wildman–Crippen MR) is 80.5 cm³/mol. The van der Waals surface area contributed by atoms with Crippen molar-refractivity contribution >= 4 is 11.8 Å². The third-order valence-electron chi connectivity index (χ3n) is 4.27. The van der Waals surface area contributed by atoms with E-state index >= 15 is 0 Å². The van der Waals surface area contributed by atoms with Gasteiger partial charge in [-0.2, -0.15) is 4.98 Å². The lowest BCUT2D eigenvalue weighted by Gasteiger charge is -2.21. The molecule has 3 atom stereocenters. The van der Waals surface area contributed by atoms with E-state index in [-0.39, 0.29) is 0 Å². The van der Waals surface area contributed by atoms with Crippen molar-refractivity contribution in [3.05, 3.63) is 11.8 Å². The van der Waals surface area contributed by atoms with Gasteiger partial charge in [0.1, 0.15) is 5.82 Å². The zero-order chi connectivity index (χ0) is 13.8. The third kappa shape index (κ3) is 3.37. The number of aryl methyl sites for hydroxylation is 1. The molecule has 0 radical (unpaired) electrons. The molecule has 2 rings (SSSR count). The van der Waals surface area contributed by atoms with Gasteiger partial charge in [-0.1, -0.05) is 20.3 Å². The minimum Gasteiger partial charge on any atom is -0.367 e. The van der Waals surface area contributed by atoms with Crippen molar-refractivity contribution in [1.82, 2.24) is 9.97 Å². The number of hydrogen-bond donors (Lipinski definition) is 2. The fraction of sp³-hybridized carbons (Fsp3) is 0.733. The molecule has 0 aliphatic heterocycles. The zero-order valence-corrected chi connectivity index (χ0v) is 12.5. The van der Waals surface area contributed by atoms with Crippen LogP contribution in [0.25, 0.3) is 0 Å². The van der Waals surface area contributed by atoms with Gasteiger partial charge in [0.15, 0.2) is 0 Å². The normalized spacial score (nSPS) is 26.4. The fourth-order valence-corrected chi connectivity index (χ4v) is 3.10. The SMILES string of the molecule is CCNc1nc(C)cc(NC2CCC(CC)C2C)n1. The Morgan fingerprint density at radius 3 is 2.68 bits per heavy atom. The molecule has 1 heterocycles. The van der Waals surface area contributed by atoms with Gasteiger partial charge in [-0.25, -0.2) is 4.98 Å². The smallest absolute Gasteiger partial charge is 0.224 e. The molecule has 4 heteroatoms. The molecule has 19 heavy (non-hydrogen) atoms. The number of nitrogens with one attached hydrogen (secondary N) is 2. The van der Waals surface area contributed by atoms with E-state index < -0.39 is 0 Å². The van der Waals surface area contributed by atoms with Crippen molar-refractivity contribution in [2.24, 2.45) is 11.8 Å². The van der Waals surface area contributed by atoms with E-state index in [1.165, 1.54) is 19.3 Å². The summed E-state index contributed by atoms with van der Waals surface area (Å²) in [5.41, 5.74) is 1.01. The summed E-state index contributed by atoms with van der Waals surface area (Å²) in [6.07, 6.45) is 3.86. The first-order valence-electron chi connectivity index (χ1n) is 7.50. The molecule has 0 amide bonds. The Morgan fingerprint density at radius 1 is 1.26 bits per heavy atom. The van der Waals surface area contributed by atoms with E-state index in [0.29, 0.717) is 6.04 Å². The number of anilines is 2. The van der Waals surface area contributed by atoms with Gasteiger partial charge >= 0.3 is 0 Å². The maximum atomic E-state index is 4.54. The topological polar surface area (TPSA) is 49.8 Å². The average Bonchev–Trinajstić information content (AvgIpc) is 2.70. The molecule has 0 saturated heterocycles. The Kier molecular flexibility index (Phi) is 4.61. The van der Waals surface area contributed by atoms with Crippen LogP contribution in [-0.2, 0) is 0 Å². The Balaban J connectivity index is 2.06. The molecule has 4 nitrogen and oxygen atoms in total. The molecule has 0 bridgehead atoms. The van der Waals surface area contributed by atoms with Crippen LogP contribution < -0.4 is 10.6 Å². The van der Waals surface area contributed by atoms with Crippen LogP contribution >= 0.6 is 0 Å². The molecule has 3 unspecified atom stereocenters. The highest BCUT2D eigenvalue weighted by Crippen LogP contribution is 2.35. The summed E-state index contributed by atoms with van der Waals surface area (Å²) >= 11 is 0. The Hall–Kier alpha value is -1.32. The Morgan fingerprint density at radius 2 is 2.05 bits per heavy atom. The first-order chi connectivity index (χ1) is 9.13. The first kappa shape index (κ1) is 14.1. The summed E-state index contributed by atoms with van der Waals surface area (Å²) in [7, 11) is 0. The maximum absolute atomic E-state index is 4.54. The molecule has 106 valence electrons. The van der Waals surface area contributed by atoms with E-state index in [1.807, 2.05) is 13.0 Å². The van der Waals surface area contributed by atoms with E-state index in [0.717, 1.165) is 35.8 Å². The average molecular weight is 262 g/mol. The highest BCUT2D eigenvalue weighted by molar-refractivity contribution is 5.43. The standard InChI is InChI=1S/C15H26N4/c1-5-12-7-8-13(11(12)4)18-14-9-10(3)17-15(19-14)16-6-2/h9,11-13H,5-8H2,1-4H3,(H2,16,17,18,19). The van der Waals surface area contributed by atoms with Crippen LogP contribution in [0.2, 0.25) is 0 Å². The van der Waals surface area contributed by atoms with Gasteiger partial charge in [-0.05, 0) is 38.5 Å². The number of nitrogens with zero attached hydrogens (tertiary/aromatic N) is 2. The number of rotatable bonds is 5. The second-order valence-electron chi connectivity index (χ2n) is 5.60. The summed E-state index contributed by atoms with van der Waals surface area (Å²) in [6, 6.07) is 2.58. The molecule has 1 aromatic heterocycles. The minimum atomic E-state index is 0.550. The molecule has 1 aromatic rings. The molecule has 1 aliphatic carbocycles. The van der Waals surface area contributed by atoms with Crippen LogP contribution in [0.4, 0.5) is 11.8 Å². The van der Waals surface area contributed by atoms with Crippen LogP contribution in [0.15, 0.2) is 6.07 Å². The second-order valence-corrected chi connectivity index (χ2v) is 5.60. The molecule has 1 saturated carbocycles. The zero-order valence-electron chi connectivity index (χ0n) is 12.5. The fourth-order valence-electron chi connectivity index (χ4n) is 3.10. The lowest BCUT2D eigenvalue weighted by Crippen LogP contribution is -2.25. The summed E-state index contributed by atoms with van der Waals surface area (Å²) in [5.74, 6) is 3.26. The molecule has 0 spiro atoms. The molecule has 1 aliphatic rings. The first-order valence-corrected chi connectivity index (χ1v) is 7.50. The molecular weight excluding hydrogens is 236 g/mol. The van der Waals surface area contributed by atoms with E-state index in [1.54, 1.807) is 0 Å². The summed E-state index contributed by atoms with van der Waals surface area (Å²) < 4.78 is 0. The minimum absolute atomic E-state index is 0.550. The van der Waals surface area contributed by atoms with Gasteiger partial charge < -0.3 is 10.6 Å². The van der Waals surface area contributed by atoms with Crippen molar-refractivity contribution in [3.63, 3.8) is 0 Å². The molecular formula is C15H26N4. The summed E-state index contributed by atoms with van der Waals surface area (Å²) in [6.45, 7) is 9.57. The van der Waals surface area contributed by atoms with Crippen LogP contribution in [-0.4, -0.2) is 22.6 Å². The molecule has 2 N–H and O–H groups in total. The Labute approximate surface area is 116 Å². The lowest BCUT2D eigenvalue weighted by molar-refractivity contribution is 0.391. The van der Waals surface area contributed by atoms with Crippen molar-refractivity contribution in [2.75, 3.05) is 17.2 Å². The monoisotopic (exact) mass is 262 g/mol. The van der Waals surface area contributed by atoms with Crippen molar-refractivity contribution in [1.29, 1.82) is 0 Å². The summed E-state index contributed by atoms with van der Waals surface area (Å²) in [4.78, 5) is 8.92. The molecule has 1 fully saturated rings. The van der Waals surface area contributed by atoms with Gasteiger partial charge in [0.05, 0.1) is 0 Å². The van der Waals surface area contributed by atoms with Crippen LogP contribution in [0, 0.1) is 18.8 Å². The highest BCUT2D eigenvalue weighted by atomic mass is 15.1. The van der Waals surface area contributed by atoms with Gasteiger partial charge in [0.25, 0.3) is 0 Å². The number of hydrogen-bond acceptors (Lipinski definition) is 4. The van der Waals surface area contributed by atoms with Gasteiger partial charge in [0, 0.05) is 24.3 Å². The van der Waals surface area contributed by atoms with E-state index in [2.05, 4.69) is 41.4 Å². The van der Waals surface area contributed by atoms with Gasteiger partial charge in [0.2, 0.25) is 5.95 Å². The van der Waals surface area contributed by atoms with E-state index in [4.69, 9.17) is 0 Å². The third-order valence-corrected chi connectivity index (χ3v) is 4.27. The van der Waals surface area contributed by atoms with Gasteiger partial charge in [-0.3, -0.25) is 0 Å². The van der Waals surface area contributed by atoms with Gasteiger partial charge in [-0.15, -0.1) is 0 Å². The van der Waals surface area contributed by atoms with Crippen molar-refractivity contribution in [2.45, 2.75) is 53.0 Å². The highest BCUT2D eigenvalue weighted by Gasteiger charge is 2.31.